The minimum Gasteiger partial charge on any atom is -0.251 e. The van der Waals surface area contributed by atoms with Crippen LogP contribution in [0.15, 0.2) is 200 Å². The summed E-state index contributed by atoms with van der Waals surface area (Å²) in [5.74, 6) is 1.96. The fraction of sp³-hybridized carbons (Fsp3) is 0.0351. The van der Waals surface area contributed by atoms with E-state index in [1.54, 1.807) is 0 Å². The molecule has 7 aromatic carbocycles. The van der Waals surface area contributed by atoms with Crippen LogP contribution in [0, 0.1) is 0 Å². The SMILES string of the molecule is C1=CC(c2ccc3ccccc3c2)c2c3c4ccccc4pc-3c3c(nc2=C1)C(c1cccc(-c2cccc(-c4nc(-c5ccccc5)nc(-c5ccccc5)n4)c2)c1)C=CC=3. The summed E-state index contributed by atoms with van der Waals surface area (Å²) in [5.41, 5.74) is 11.2. The first-order chi connectivity index (χ1) is 30.7. The van der Waals surface area contributed by atoms with E-state index in [0.717, 1.165) is 38.9 Å². The highest BCUT2D eigenvalue weighted by atomic mass is 31.0. The molecule has 5 heteroatoms. The Kier molecular flexibility index (Phi) is 8.83. The fourth-order valence-electron chi connectivity index (χ4n) is 9.24. The van der Waals surface area contributed by atoms with Crippen molar-refractivity contribution in [3.05, 3.63) is 233 Å². The van der Waals surface area contributed by atoms with Gasteiger partial charge in [0.15, 0.2) is 17.5 Å². The van der Waals surface area contributed by atoms with Crippen LogP contribution < -0.4 is 10.6 Å². The molecular weight excluding hydrogens is 772 g/mol. The van der Waals surface area contributed by atoms with E-state index in [9.17, 15) is 0 Å². The van der Waals surface area contributed by atoms with Crippen LogP contribution in [-0.4, -0.2) is 19.9 Å². The van der Waals surface area contributed by atoms with E-state index in [0.29, 0.717) is 17.5 Å². The zero-order valence-corrected chi connectivity index (χ0v) is 34.5. The molecule has 2 aliphatic heterocycles. The maximum Gasteiger partial charge on any atom is 0.164 e. The first-order valence-electron chi connectivity index (χ1n) is 21.1. The molecule has 0 saturated heterocycles. The molecular formula is C57H37N4P. The van der Waals surface area contributed by atoms with Crippen LogP contribution in [0.25, 0.3) is 89.6 Å². The molecule has 12 rings (SSSR count). The van der Waals surface area contributed by atoms with Crippen LogP contribution in [0.3, 0.4) is 0 Å². The van der Waals surface area contributed by atoms with Crippen molar-refractivity contribution in [2.75, 3.05) is 0 Å². The molecule has 290 valence electrons. The Bertz CT molecular complexity index is 3480. The first kappa shape index (κ1) is 36.2. The minimum atomic E-state index is -0.0403. The highest BCUT2D eigenvalue weighted by molar-refractivity contribution is 7.41. The molecule has 0 spiro atoms. The number of fused-ring (bicyclic) bond motifs is 8. The molecule has 0 radical (unpaired) electrons. The molecule has 8 aromatic rings. The summed E-state index contributed by atoms with van der Waals surface area (Å²) in [4.78, 5) is 20.7. The molecule has 2 unspecified atom stereocenters. The second kappa shape index (κ2) is 15.1. The summed E-state index contributed by atoms with van der Waals surface area (Å²) in [6, 6.07) is 62.2. The van der Waals surface area contributed by atoms with Gasteiger partial charge in [0.05, 0.1) is 11.0 Å². The van der Waals surface area contributed by atoms with Gasteiger partial charge in [-0.25, -0.2) is 15.0 Å². The van der Waals surface area contributed by atoms with Gasteiger partial charge in [-0.3, -0.25) is 4.98 Å². The zero-order valence-electron chi connectivity index (χ0n) is 33.6. The number of hydrogen-bond donors (Lipinski definition) is 0. The second-order valence-corrected chi connectivity index (χ2v) is 17.1. The van der Waals surface area contributed by atoms with E-state index >= 15 is 0 Å². The van der Waals surface area contributed by atoms with E-state index in [1.165, 1.54) is 62.2 Å². The maximum absolute atomic E-state index is 5.69. The van der Waals surface area contributed by atoms with E-state index in [4.69, 9.17) is 19.9 Å². The summed E-state index contributed by atoms with van der Waals surface area (Å²) in [6.07, 6.45) is 13.6. The topological polar surface area (TPSA) is 51.6 Å². The number of nitrogens with zero attached hydrogens (tertiary/aromatic N) is 4. The molecule has 4 aliphatic rings. The second-order valence-electron chi connectivity index (χ2n) is 16.0. The molecule has 4 nitrogen and oxygen atoms in total. The molecule has 1 aromatic heterocycles. The molecule has 0 N–H and O–H groups in total. The normalized spacial score (nSPS) is 15.4. The highest BCUT2D eigenvalue weighted by Gasteiger charge is 2.28. The van der Waals surface area contributed by atoms with Gasteiger partial charge in [0.1, 0.15) is 0 Å². The summed E-state index contributed by atoms with van der Waals surface area (Å²) in [7, 11) is 1.21. The van der Waals surface area contributed by atoms with Crippen LogP contribution in [0.1, 0.15) is 34.2 Å². The summed E-state index contributed by atoms with van der Waals surface area (Å²) >= 11 is 0. The van der Waals surface area contributed by atoms with Crippen LogP contribution in [0.2, 0.25) is 0 Å². The molecule has 2 atom stereocenters. The Labute approximate surface area is 361 Å². The third-order valence-electron chi connectivity index (χ3n) is 12.2. The van der Waals surface area contributed by atoms with Gasteiger partial charge in [0.2, 0.25) is 0 Å². The Balaban J connectivity index is 0.980. The van der Waals surface area contributed by atoms with Crippen LogP contribution in [0.5, 0.6) is 0 Å². The number of aromatic nitrogens is 4. The Morgan fingerprint density at radius 2 is 1.02 bits per heavy atom. The third-order valence-corrected chi connectivity index (χ3v) is 13.5. The van der Waals surface area contributed by atoms with Crippen molar-refractivity contribution in [2.45, 2.75) is 11.8 Å². The maximum atomic E-state index is 5.69. The molecule has 3 heterocycles. The van der Waals surface area contributed by atoms with Crippen molar-refractivity contribution in [3.8, 4) is 56.1 Å². The zero-order chi connectivity index (χ0) is 41.0. The quantitative estimate of drug-likeness (QED) is 0.168. The average molecular weight is 809 g/mol. The third kappa shape index (κ3) is 6.36. The van der Waals surface area contributed by atoms with Gasteiger partial charge in [-0.2, -0.15) is 0 Å². The lowest BCUT2D eigenvalue weighted by Crippen LogP contribution is -2.22. The van der Waals surface area contributed by atoms with Crippen molar-refractivity contribution >= 4 is 41.6 Å². The largest absolute Gasteiger partial charge is 0.251 e. The Morgan fingerprint density at radius 3 is 1.81 bits per heavy atom. The first-order valence-corrected chi connectivity index (χ1v) is 22.0. The van der Waals surface area contributed by atoms with Gasteiger partial charge < -0.3 is 0 Å². The minimum absolute atomic E-state index is 0.0403. The van der Waals surface area contributed by atoms with Gasteiger partial charge in [0, 0.05) is 49.7 Å². The van der Waals surface area contributed by atoms with Gasteiger partial charge in [-0.15, -0.1) is 0 Å². The number of hydrogen-bond acceptors (Lipinski definition) is 4. The monoisotopic (exact) mass is 808 g/mol. The molecule has 2 aliphatic carbocycles. The lowest BCUT2D eigenvalue weighted by Gasteiger charge is -2.19. The smallest absolute Gasteiger partial charge is 0.164 e. The average Bonchev–Trinajstić information content (AvgIpc) is 3.66. The van der Waals surface area contributed by atoms with E-state index in [1.807, 2.05) is 60.7 Å². The summed E-state index contributed by atoms with van der Waals surface area (Å²) in [5, 5.41) is 8.75. The molecule has 0 saturated carbocycles. The Morgan fingerprint density at radius 1 is 0.419 bits per heavy atom. The van der Waals surface area contributed by atoms with Crippen molar-refractivity contribution in [1.29, 1.82) is 0 Å². The number of benzene rings is 7. The fourth-order valence-corrected chi connectivity index (χ4v) is 10.6. The predicted octanol–water partition coefficient (Wildman–Crippen LogP) is 12.9. The highest BCUT2D eigenvalue weighted by Crippen LogP contribution is 2.46. The van der Waals surface area contributed by atoms with Crippen LogP contribution in [-0.2, 0) is 0 Å². The van der Waals surface area contributed by atoms with Gasteiger partial charge in [0.25, 0.3) is 0 Å². The predicted molar refractivity (Wildman–Crippen MR) is 257 cm³/mol. The van der Waals surface area contributed by atoms with Crippen molar-refractivity contribution in [2.24, 2.45) is 0 Å². The van der Waals surface area contributed by atoms with Gasteiger partial charge >= 0.3 is 0 Å². The molecule has 0 amide bonds. The van der Waals surface area contributed by atoms with Crippen LogP contribution >= 0.6 is 8.19 Å². The van der Waals surface area contributed by atoms with Crippen molar-refractivity contribution < 1.29 is 0 Å². The molecule has 62 heavy (non-hydrogen) atoms. The van der Waals surface area contributed by atoms with E-state index in [-0.39, 0.29) is 11.8 Å². The van der Waals surface area contributed by atoms with Gasteiger partial charge in [-0.05, 0) is 62.2 Å². The Hall–Kier alpha value is -7.65. The molecule has 0 fully saturated rings. The van der Waals surface area contributed by atoms with Crippen molar-refractivity contribution in [1.82, 2.24) is 19.9 Å². The molecule has 0 bridgehead atoms. The number of allylic oxidation sites excluding steroid dienone is 4. The van der Waals surface area contributed by atoms with Gasteiger partial charge in [-0.1, -0.05) is 202 Å². The van der Waals surface area contributed by atoms with E-state index in [2.05, 4.69) is 152 Å². The summed E-state index contributed by atoms with van der Waals surface area (Å²) < 4.78 is 0. The lowest BCUT2D eigenvalue weighted by atomic mass is 9.84. The summed E-state index contributed by atoms with van der Waals surface area (Å²) in [6.45, 7) is 0. The standard InChI is InChI=1S/C57H37N4P/c1-3-16-37(17-4-1)55-59-56(38-18-5-2-6-19-38)61-57(60-55)44-24-12-22-41(35-44)40-21-11-23-42(34-40)46-27-13-28-48-53(46)58-49-29-14-26-45(43-32-31-36-15-7-8-20-39(36)33-43)51(49)52-47-25-9-10-30-50(47)62-54(48)52/h1-35,45-46H. The van der Waals surface area contributed by atoms with Crippen LogP contribution in [0.4, 0.5) is 0 Å². The van der Waals surface area contributed by atoms with Crippen molar-refractivity contribution in [3.63, 3.8) is 0 Å². The lowest BCUT2D eigenvalue weighted by molar-refractivity contribution is 0.918. The van der Waals surface area contributed by atoms with E-state index < -0.39 is 0 Å². The number of rotatable bonds is 6.